The van der Waals surface area contributed by atoms with E-state index in [0.717, 1.165) is 23.4 Å². The molecule has 0 saturated heterocycles. The average Bonchev–Trinajstić information content (AvgIpc) is 2.93. The first-order chi connectivity index (χ1) is 9.65. The van der Waals surface area contributed by atoms with E-state index in [2.05, 4.69) is 13.8 Å². The van der Waals surface area contributed by atoms with Crippen LogP contribution in [0.4, 0.5) is 11.4 Å². The van der Waals surface area contributed by atoms with Crippen LogP contribution in [-0.4, -0.2) is 12.5 Å². The number of nitrogen functional groups attached to an aromatic ring is 1. The summed E-state index contributed by atoms with van der Waals surface area (Å²) >= 11 is 1.57. The molecule has 0 fully saturated rings. The van der Waals surface area contributed by atoms with Gasteiger partial charge in [0.25, 0.3) is 5.91 Å². The predicted molar refractivity (Wildman–Crippen MR) is 86.5 cm³/mol. The summed E-state index contributed by atoms with van der Waals surface area (Å²) in [5.41, 5.74) is 7.36. The Morgan fingerprint density at radius 2 is 2.05 bits per heavy atom. The molecule has 3 nitrogen and oxygen atoms in total. The number of hydrogen-bond acceptors (Lipinski definition) is 3. The van der Waals surface area contributed by atoms with Gasteiger partial charge < -0.3 is 10.6 Å². The number of nitrogens with two attached hydrogens (primary N) is 1. The zero-order chi connectivity index (χ0) is 14.5. The zero-order valence-electron chi connectivity index (χ0n) is 11.9. The highest BCUT2D eigenvalue weighted by Gasteiger charge is 2.18. The first-order valence-corrected chi connectivity index (χ1v) is 7.73. The Labute approximate surface area is 124 Å². The second-order valence-electron chi connectivity index (χ2n) is 4.67. The van der Waals surface area contributed by atoms with Crippen LogP contribution < -0.4 is 10.6 Å². The number of amides is 1. The van der Waals surface area contributed by atoms with Crippen molar-refractivity contribution >= 4 is 28.6 Å². The van der Waals surface area contributed by atoms with Crippen molar-refractivity contribution < 1.29 is 4.79 Å². The van der Waals surface area contributed by atoms with Crippen molar-refractivity contribution in [3.63, 3.8) is 0 Å². The lowest BCUT2D eigenvalue weighted by Gasteiger charge is -2.22. The van der Waals surface area contributed by atoms with Gasteiger partial charge in [-0.2, -0.15) is 0 Å². The molecule has 0 aliphatic heterocycles. The van der Waals surface area contributed by atoms with Gasteiger partial charge in [0.15, 0.2) is 0 Å². The van der Waals surface area contributed by atoms with Crippen LogP contribution in [0.2, 0.25) is 0 Å². The molecule has 0 saturated carbocycles. The van der Waals surface area contributed by atoms with E-state index in [1.165, 1.54) is 4.88 Å². The Kier molecular flexibility index (Phi) is 4.79. The van der Waals surface area contributed by atoms with E-state index in [4.69, 9.17) is 5.73 Å². The summed E-state index contributed by atoms with van der Waals surface area (Å²) in [5, 5.41) is 0. The molecule has 0 bridgehead atoms. The molecular weight excluding hydrogens is 268 g/mol. The number of carbonyl (C=O) groups is 1. The summed E-state index contributed by atoms with van der Waals surface area (Å²) in [4.78, 5) is 16.5. The fourth-order valence-electron chi connectivity index (χ4n) is 2.08. The third-order valence-corrected chi connectivity index (χ3v) is 4.31. The van der Waals surface area contributed by atoms with E-state index < -0.39 is 0 Å². The van der Waals surface area contributed by atoms with Gasteiger partial charge >= 0.3 is 0 Å². The Morgan fingerprint density at radius 1 is 1.25 bits per heavy atom. The van der Waals surface area contributed by atoms with Gasteiger partial charge in [-0.3, -0.25) is 4.79 Å². The highest BCUT2D eigenvalue weighted by atomic mass is 32.1. The molecule has 0 atom stereocenters. The molecule has 1 aromatic heterocycles. The lowest BCUT2D eigenvalue weighted by molar-refractivity contribution is 0.0991. The van der Waals surface area contributed by atoms with Gasteiger partial charge in [-0.05, 0) is 43.2 Å². The highest BCUT2D eigenvalue weighted by Crippen LogP contribution is 2.24. The third kappa shape index (κ3) is 3.20. The molecule has 4 heteroatoms. The van der Waals surface area contributed by atoms with Gasteiger partial charge in [0.05, 0.1) is 4.88 Å². The van der Waals surface area contributed by atoms with Gasteiger partial charge in [-0.1, -0.05) is 19.9 Å². The quantitative estimate of drug-likeness (QED) is 0.847. The molecule has 2 rings (SSSR count). The number of hydrogen-bond donors (Lipinski definition) is 1. The topological polar surface area (TPSA) is 46.3 Å². The van der Waals surface area contributed by atoms with Crippen LogP contribution in [-0.2, 0) is 6.42 Å². The zero-order valence-corrected chi connectivity index (χ0v) is 12.7. The van der Waals surface area contributed by atoms with Crippen LogP contribution in [0, 0.1) is 0 Å². The number of anilines is 2. The van der Waals surface area contributed by atoms with Crippen molar-refractivity contribution in [2.24, 2.45) is 0 Å². The van der Waals surface area contributed by atoms with E-state index in [9.17, 15) is 4.79 Å². The second-order valence-corrected chi connectivity index (χ2v) is 5.84. The standard InChI is InChI=1S/C16H20N2OS/c1-3-10-18(13-7-5-6-12(17)11-13)16(19)15-9-8-14(4-2)20-15/h5-9,11H,3-4,10,17H2,1-2H3. The molecule has 1 amide bonds. The van der Waals surface area contributed by atoms with Gasteiger partial charge in [-0.15, -0.1) is 11.3 Å². The lowest BCUT2D eigenvalue weighted by atomic mass is 10.2. The Hall–Kier alpha value is -1.81. The van der Waals surface area contributed by atoms with Gasteiger partial charge in [0.2, 0.25) is 0 Å². The van der Waals surface area contributed by atoms with Crippen molar-refractivity contribution in [3.8, 4) is 0 Å². The summed E-state index contributed by atoms with van der Waals surface area (Å²) < 4.78 is 0. The Morgan fingerprint density at radius 3 is 2.65 bits per heavy atom. The maximum absolute atomic E-state index is 12.7. The monoisotopic (exact) mass is 288 g/mol. The van der Waals surface area contributed by atoms with Crippen molar-refractivity contribution in [3.05, 3.63) is 46.2 Å². The maximum atomic E-state index is 12.7. The SMILES string of the molecule is CCCN(C(=O)c1ccc(CC)s1)c1cccc(N)c1. The number of rotatable bonds is 5. The van der Waals surface area contributed by atoms with Gasteiger partial charge in [0, 0.05) is 22.8 Å². The summed E-state index contributed by atoms with van der Waals surface area (Å²) in [6.45, 7) is 4.86. The summed E-state index contributed by atoms with van der Waals surface area (Å²) in [6.07, 6.45) is 1.87. The summed E-state index contributed by atoms with van der Waals surface area (Å²) in [7, 11) is 0. The van der Waals surface area contributed by atoms with Crippen LogP contribution >= 0.6 is 11.3 Å². The average molecular weight is 288 g/mol. The van der Waals surface area contributed by atoms with Crippen molar-refractivity contribution in [2.75, 3.05) is 17.2 Å². The Balaban J connectivity index is 2.30. The second kappa shape index (κ2) is 6.57. The van der Waals surface area contributed by atoms with Crippen LogP contribution in [0.3, 0.4) is 0 Å². The van der Waals surface area contributed by atoms with Crippen LogP contribution in [0.15, 0.2) is 36.4 Å². The Bertz CT molecular complexity index is 592. The molecular formula is C16H20N2OS. The largest absolute Gasteiger partial charge is 0.399 e. The molecule has 0 unspecified atom stereocenters. The van der Waals surface area contributed by atoms with Crippen molar-refractivity contribution in [2.45, 2.75) is 26.7 Å². The maximum Gasteiger partial charge on any atom is 0.268 e. The molecule has 106 valence electrons. The highest BCUT2D eigenvalue weighted by molar-refractivity contribution is 7.14. The summed E-state index contributed by atoms with van der Waals surface area (Å²) in [6, 6.07) is 11.4. The molecule has 20 heavy (non-hydrogen) atoms. The van der Waals surface area contributed by atoms with Crippen molar-refractivity contribution in [1.82, 2.24) is 0 Å². The van der Waals surface area contributed by atoms with Crippen molar-refractivity contribution in [1.29, 1.82) is 0 Å². The molecule has 2 aromatic rings. The molecule has 1 heterocycles. The number of carbonyl (C=O) groups excluding carboxylic acids is 1. The fourth-order valence-corrected chi connectivity index (χ4v) is 2.98. The van der Waals surface area contributed by atoms with E-state index >= 15 is 0 Å². The fraction of sp³-hybridized carbons (Fsp3) is 0.312. The van der Waals surface area contributed by atoms with E-state index in [0.29, 0.717) is 12.2 Å². The molecule has 1 aromatic carbocycles. The first kappa shape index (κ1) is 14.6. The van der Waals surface area contributed by atoms with E-state index in [-0.39, 0.29) is 5.91 Å². The molecule has 0 radical (unpaired) electrons. The van der Waals surface area contributed by atoms with Crippen LogP contribution in [0.1, 0.15) is 34.8 Å². The predicted octanol–water partition coefficient (Wildman–Crippen LogP) is 3.95. The number of thiophene rings is 1. The number of aryl methyl sites for hydroxylation is 1. The smallest absolute Gasteiger partial charge is 0.268 e. The number of nitrogens with zero attached hydrogens (tertiary/aromatic N) is 1. The number of benzene rings is 1. The minimum Gasteiger partial charge on any atom is -0.399 e. The van der Waals surface area contributed by atoms with E-state index in [1.54, 1.807) is 11.3 Å². The lowest BCUT2D eigenvalue weighted by Crippen LogP contribution is -2.31. The van der Waals surface area contributed by atoms with Gasteiger partial charge in [-0.25, -0.2) is 0 Å². The molecule has 0 aliphatic carbocycles. The molecule has 0 aliphatic rings. The molecule has 0 spiro atoms. The van der Waals surface area contributed by atoms with Gasteiger partial charge in [0.1, 0.15) is 0 Å². The summed E-state index contributed by atoms with van der Waals surface area (Å²) in [5.74, 6) is 0.0575. The normalized spacial score (nSPS) is 10.5. The van der Waals surface area contributed by atoms with Crippen LogP contribution in [0.5, 0.6) is 0 Å². The molecule has 2 N–H and O–H groups in total. The third-order valence-electron chi connectivity index (χ3n) is 3.10. The first-order valence-electron chi connectivity index (χ1n) is 6.91. The minimum absolute atomic E-state index is 0.0575. The minimum atomic E-state index is 0.0575. The van der Waals surface area contributed by atoms with Crippen LogP contribution in [0.25, 0.3) is 0 Å². The van der Waals surface area contributed by atoms with E-state index in [1.807, 2.05) is 41.3 Å².